The standard InChI is InChI=1S/C13H18O5S/c1-4-19-6-5-18-12-10(16-2)7-9(13(14)15)8-11(12)17-3/h7-8H,4-6H2,1-3H3,(H,14,15). The second kappa shape index (κ2) is 7.78. The van der Waals surface area contributed by atoms with E-state index in [-0.39, 0.29) is 5.56 Å². The lowest BCUT2D eigenvalue weighted by Gasteiger charge is -2.15. The van der Waals surface area contributed by atoms with Crippen molar-refractivity contribution in [2.24, 2.45) is 0 Å². The Morgan fingerprint density at radius 1 is 1.26 bits per heavy atom. The summed E-state index contributed by atoms with van der Waals surface area (Å²) in [5.74, 6) is 1.99. The fourth-order valence-electron chi connectivity index (χ4n) is 1.49. The molecule has 0 aliphatic rings. The molecule has 0 atom stereocenters. The lowest BCUT2D eigenvalue weighted by molar-refractivity contribution is 0.0696. The first-order valence-electron chi connectivity index (χ1n) is 5.83. The quantitative estimate of drug-likeness (QED) is 0.741. The summed E-state index contributed by atoms with van der Waals surface area (Å²) in [6.07, 6.45) is 0. The van der Waals surface area contributed by atoms with Gasteiger partial charge in [-0.25, -0.2) is 4.79 Å². The van der Waals surface area contributed by atoms with Crippen LogP contribution in [0.3, 0.4) is 0 Å². The summed E-state index contributed by atoms with van der Waals surface area (Å²) in [5.41, 5.74) is 0.101. The molecule has 0 saturated carbocycles. The molecule has 0 heterocycles. The first kappa shape index (κ1) is 15.5. The molecular formula is C13H18O5S. The van der Waals surface area contributed by atoms with Crippen LogP contribution < -0.4 is 14.2 Å². The molecule has 0 bridgehead atoms. The lowest BCUT2D eigenvalue weighted by atomic mass is 10.2. The number of methoxy groups -OCH3 is 2. The Morgan fingerprint density at radius 3 is 2.26 bits per heavy atom. The zero-order valence-electron chi connectivity index (χ0n) is 11.3. The van der Waals surface area contributed by atoms with E-state index < -0.39 is 5.97 Å². The topological polar surface area (TPSA) is 65.0 Å². The molecule has 1 aromatic carbocycles. The highest BCUT2D eigenvalue weighted by molar-refractivity contribution is 7.99. The Bertz CT molecular complexity index is 408. The Balaban J connectivity index is 2.96. The average Bonchev–Trinajstić information content (AvgIpc) is 2.42. The number of ether oxygens (including phenoxy) is 3. The Hall–Kier alpha value is -1.56. The summed E-state index contributed by atoms with van der Waals surface area (Å²) in [6, 6.07) is 2.85. The molecule has 0 fully saturated rings. The third-order valence-electron chi connectivity index (χ3n) is 2.39. The second-order valence-electron chi connectivity index (χ2n) is 3.56. The molecule has 1 aromatic rings. The van der Waals surface area contributed by atoms with Crippen molar-refractivity contribution in [3.63, 3.8) is 0 Å². The number of thioether (sulfide) groups is 1. The van der Waals surface area contributed by atoms with Crippen LogP contribution in [-0.4, -0.2) is 43.4 Å². The molecule has 0 radical (unpaired) electrons. The van der Waals surface area contributed by atoms with E-state index in [0.29, 0.717) is 23.9 Å². The van der Waals surface area contributed by atoms with Gasteiger partial charge >= 0.3 is 5.97 Å². The van der Waals surface area contributed by atoms with Gasteiger partial charge in [-0.1, -0.05) is 6.92 Å². The Labute approximate surface area is 116 Å². The number of carbonyl (C=O) groups is 1. The number of benzene rings is 1. The van der Waals surface area contributed by atoms with Gasteiger partial charge in [0.2, 0.25) is 5.75 Å². The number of rotatable bonds is 8. The van der Waals surface area contributed by atoms with Crippen LogP contribution in [0.2, 0.25) is 0 Å². The normalized spacial score (nSPS) is 10.1. The first-order valence-corrected chi connectivity index (χ1v) is 6.99. The second-order valence-corrected chi connectivity index (χ2v) is 4.95. The predicted molar refractivity (Wildman–Crippen MR) is 75.0 cm³/mol. The van der Waals surface area contributed by atoms with Gasteiger partial charge in [0.1, 0.15) is 0 Å². The minimum atomic E-state index is -1.04. The molecule has 0 spiro atoms. The number of hydrogen-bond acceptors (Lipinski definition) is 5. The monoisotopic (exact) mass is 286 g/mol. The van der Waals surface area contributed by atoms with E-state index in [9.17, 15) is 4.79 Å². The highest BCUT2D eigenvalue weighted by Crippen LogP contribution is 2.38. The lowest BCUT2D eigenvalue weighted by Crippen LogP contribution is -2.06. The van der Waals surface area contributed by atoms with E-state index in [4.69, 9.17) is 19.3 Å². The van der Waals surface area contributed by atoms with Crippen LogP contribution in [0.1, 0.15) is 17.3 Å². The fraction of sp³-hybridized carbons (Fsp3) is 0.462. The maximum Gasteiger partial charge on any atom is 0.335 e. The minimum absolute atomic E-state index is 0.101. The van der Waals surface area contributed by atoms with Crippen molar-refractivity contribution in [3.8, 4) is 17.2 Å². The summed E-state index contributed by atoms with van der Waals surface area (Å²) in [6.45, 7) is 2.59. The zero-order chi connectivity index (χ0) is 14.3. The maximum atomic E-state index is 11.0. The van der Waals surface area contributed by atoms with Gasteiger partial charge in [-0.2, -0.15) is 11.8 Å². The molecule has 19 heavy (non-hydrogen) atoms. The van der Waals surface area contributed by atoms with Crippen LogP contribution in [0, 0.1) is 0 Å². The summed E-state index contributed by atoms with van der Waals surface area (Å²) >= 11 is 1.76. The smallest absolute Gasteiger partial charge is 0.335 e. The molecular weight excluding hydrogens is 268 g/mol. The van der Waals surface area contributed by atoms with E-state index in [1.54, 1.807) is 11.8 Å². The van der Waals surface area contributed by atoms with E-state index in [1.165, 1.54) is 26.4 Å². The predicted octanol–water partition coefficient (Wildman–Crippen LogP) is 2.53. The number of carboxylic acid groups (broad SMARTS) is 1. The van der Waals surface area contributed by atoms with E-state index in [0.717, 1.165) is 11.5 Å². The van der Waals surface area contributed by atoms with Crippen molar-refractivity contribution in [1.29, 1.82) is 0 Å². The van der Waals surface area contributed by atoms with Crippen molar-refractivity contribution in [2.45, 2.75) is 6.92 Å². The van der Waals surface area contributed by atoms with Gasteiger partial charge in [0, 0.05) is 5.75 Å². The van der Waals surface area contributed by atoms with E-state index in [1.807, 2.05) is 0 Å². The Kier molecular flexibility index (Phi) is 6.35. The molecule has 5 nitrogen and oxygen atoms in total. The number of hydrogen-bond donors (Lipinski definition) is 1. The highest BCUT2D eigenvalue weighted by Gasteiger charge is 2.17. The van der Waals surface area contributed by atoms with Gasteiger partial charge < -0.3 is 19.3 Å². The molecule has 0 amide bonds. The zero-order valence-corrected chi connectivity index (χ0v) is 12.1. The first-order chi connectivity index (χ1) is 9.13. The molecule has 0 aliphatic carbocycles. The van der Waals surface area contributed by atoms with Crippen molar-refractivity contribution in [2.75, 3.05) is 32.3 Å². The minimum Gasteiger partial charge on any atom is -0.493 e. The summed E-state index contributed by atoms with van der Waals surface area (Å²) < 4.78 is 15.9. The fourth-order valence-corrected chi connectivity index (χ4v) is 1.98. The molecule has 106 valence electrons. The van der Waals surface area contributed by atoms with Gasteiger partial charge in [0.25, 0.3) is 0 Å². The summed E-state index contributed by atoms with van der Waals surface area (Å²) in [7, 11) is 2.93. The van der Waals surface area contributed by atoms with Gasteiger partial charge in [0.15, 0.2) is 11.5 Å². The average molecular weight is 286 g/mol. The molecule has 1 N–H and O–H groups in total. The number of carboxylic acids is 1. The van der Waals surface area contributed by atoms with Gasteiger partial charge in [-0.05, 0) is 17.9 Å². The Morgan fingerprint density at radius 2 is 1.84 bits per heavy atom. The van der Waals surface area contributed by atoms with Crippen LogP contribution in [0.4, 0.5) is 0 Å². The maximum absolute atomic E-state index is 11.0. The van der Waals surface area contributed by atoms with Crippen LogP contribution >= 0.6 is 11.8 Å². The van der Waals surface area contributed by atoms with Crippen LogP contribution in [0.5, 0.6) is 17.2 Å². The third-order valence-corrected chi connectivity index (χ3v) is 3.25. The molecule has 1 rings (SSSR count). The van der Waals surface area contributed by atoms with Crippen molar-refractivity contribution >= 4 is 17.7 Å². The van der Waals surface area contributed by atoms with Crippen LogP contribution in [-0.2, 0) is 0 Å². The van der Waals surface area contributed by atoms with Crippen molar-refractivity contribution < 1.29 is 24.1 Å². The van der Waals surface area contributed by atoms with E-state index in [2.05, 4.69) is 6.92 Å². The molecule has 0 saturated heterocycles. The van der Waals surface area contributed by atoms with Crippen molar-refractivity contribution in [1.82, 2.24) is 0 Å². The van der Waals surface area contributed by atoms with Crippen molar-refractivity contribution in [3.05, 3.63) is 17.7 Å². The van der Waals surface area contributed by atoms with Crippen LogP contribution in [0.15, 0.2) is 12.1 Å². The molecule has 6 heteroatoms. The molecule has 0 unspecified atom stereocenters. The third kappa shape index (κ3) is 4.24. The van der Waals surface area contributed by atoms with Gasteiger partial charge in [-0.15, -0.1) is 0 Å². The summed E-state index contributed by atoms with van der Waals surface area (Å²) in [4.78, 5) is 11.0. The SMILES string of the molecule is CCSCCOc1c(OC)cc(C(=O)O)cc1OC. The van der Waals surface area contributed by atoms with Gasteiger partial charge in [-0.3, -0.25) is 0 Å². The van der Waals surface area contributed by atoms with E-state index >= 15 is 0 Å². The summed E-state index contributed by atoms with van der Waals surface area (Å²) in [5, 5.41) is 9.01. The highest BCUT2D eigenvalue weighted by atomic mass is 32.2. The number of aromatic carboxylic acids is 1. The molecule has 0 aliphatic heterocycles. The van der Waals surface area contributed by atoms with Gasteiger partial charge in [0.05, 0.1) is 26.4 Å². The largest absolute Gasteiger partial charge is 0.493 e. The molecule has 0 aromatic heterocycles. The van der Waals surface area contributed by atoms with Crippen LogP contribution in [0.25, 0.3) is 0 Å².